The van der Waals surface area contributed by atoms with Crippen LogP contribution in [0.3, 0.4) is 0 Å². The van der Waals surface area contributed by atoms with Gasteiger partial charge in [-0.25, -0.2) is 4.99 Å². The van der Waals surface area contributed by atoms with E-state index in [0.717, 1.165) is 54.9 Å². The first kappa shape index (κ1) is 26.3. The zero-order chi connectivity index (χ0) is 23.0. The number of aliphatic imine (C=N–C) groups is 1. The summed E-state index contributed by atoms with van der Waals surface area (Å²) in [4.78, 5) is 18.5. The molecular formula is C27H37IN4O2. The SMILES string of the molecule is CCNC(=NCc1ccc(CN2CCCC2=O)cc1)NCc1ccc(C)cc1OCC1CC1.I. The lowest BCUT2D eigenvalue weighted by atomic mass is 10.1. The second-order valence-corrected chi connectivity index (χ2v) is 9.15. The molecule has 0 aromatic heterocycles. The zero-order valence-electron chi connectivity index (χ0n) is 20.3. The third-order valence-corrected chi connectivity index (χ3v) is 6.17. The number of guanidine groups is 1. The maximum Gasteiger partial charge on any atom is 0.222 e. The molecule has 2 aliphatic rings. The highest BCUT2D eigenvalue weighted by molar-refractivity contribution is 14.0. The van der Waals surface area contributed by atoms with Crippen LogP contribution in [-0.4, -0.2) is 36.5 Å². The number of rotatable bonds is 10. The number of likely N-dealkylation sites (tertiary alicyclic amines) is 1. The van der Waals surface area contributed by atoms with Crippen LogP contribution in [0.25, 0.3) is 0 Å². The van der Waals surface area contributed by atoms with Crippen molar-refractivity contribution in [3.63, 3.8) is 0 Å². The number of benzene rings is 2. The van der Waals surface area contributed by atoms with Crippen LogP contribution < -0.4 is 15.4 Å². The molecule has 184 valence electrons. The summed E-state index contributed by atoms with van der Waals surface area (Å²) in [6.07, 6.45) is 4.23. The van der Waals surface area contributed by atoms with Gasteiger partial charge in [0.1, 0.15) is 5.75 Å². The van der Waals surface area contributed by atoms with Crippen molar-refractivity contribution in [1.29, 1.82) is 0 Å². The molecule has 1 saturated carbocycles. The molecule has 2 N–H and O–H groups in total. The molecule has 0 unspecified atom stereocenters. The number of amides is 1. The molecule has 4 rings (SSSR count). The molecule has 7 heteroatoms. The molecule has 6 nitrogen and oxygen atoms in total. The van der Waals surface area contributed by atoms with Crippen LogP contribution in [0, 0.1) is 12.8 Å². The summed E-state index contributed by atoms with van der Waals surface area (Å²) in [6, 6.07) is 14.8. The van der Waals surface area contributed by atoms with Crippen LogP contribution in [-0.2, 0) is 24.4 Å². The standard InChI is InChI=1S/C27H36N4O2.HI/c1-3-28-27(30-17-24-13-6-20(2)15-25(24)33-19-23-11-12-23)29-16-21-7-9-22(10-8-21)18-31-14-4-5-26(31)32;/h6-10,13,15,23H,3-5,11-12,14,16-19H2,1-2H3,(H2,28,29,30);1H. The Morgan fingerprint density at radius 1 is 1.12 bits per heavy atom. The quantitative estimate of drug-likeness (QED) is 0.243. The van der Waals surface area contributed by atoms with Crippen LogP contribution in [0.15, 0.2) is 47.5 Å². The van der Waals surface area contributed by atoms with E-state index in [1.165, 1.54) is 24.0 Å². The predicted octanol–water partition coefficient (Wildman–Crippen LogP) is 4.78. The maximum atomic E-state index is 11.8. The van der Waals surface area contributed by atoms with E-state index in [0.29, 0.717) is 26.1 Å². The summed E-state index contributed by atoms with van der Waals surface area (Å²) in [5, 5.41) is 6.78. The molecule has 1 aliphatic heterocycles. The van der Waals surface area contributed by atoms with Crippen LogP contribution >= 0.6 is 24.0 Å². The fourth-order valence-corrected chi connectivity index (χ4v) is 3.97. The number of hydrogen-bond donors (Lipinski definition) is 2. The first-order valence-corrected chi connectivity index (χ1v) is 12.2. The average molecular weight is 577 g/mol. The van der Waals surface area contributed by atoms with Gasteiger partial charge in [0.2, 0.25) is 5.91 Å². The molecule has 1 amide bonds. The van der Waals surface area contributed by atoms with Gasteiger partial charge in [-0.2, -0.15) is 0 Å². The first-order chi connectivity index (χ1) is 16.1. The van der Waals surface area contributed by atoms with E-state index in [1.807, 2.05) is 4.90 Å². The molecule has 34 heavy (non-hydrogen) atoms. The van der Waals surface area contributed by atoms with Gasteiger partial charge in [-0.15, -0.1) is 24.0 Å². The summed E-state index contributed by atoms with van der Waals surface area (Å²) in [7, 11) is 0. The first-order valence-electron chi connectivity index (χ1n) is 12.2. The minimum absolute atomic E-state index is 0. The Labute approximate surface area is 220 Å². The van der Waals surface area contributed by atoms with E-state index in [2.05, 4.69) is 66.9 Å². The molecule has 2 aromatic rings. The summed E-state index contributed by atoms with van der Waals surface area (Å²) in [6.45, 7) is 8.61. The fraction of sp³-hybridized carbons (Fsp3) is 0.481. The van der Waals surface area contributed by atoms with Crippen molar-refractivity contribution in [2.24, 2.45) is 10.9 Å². The highest BCUT2D eigenvalue weighted by Crippen LogP contribution is 2.30. The third-order valence-electron chi connectivity index (χ3n) is 6.17. The maximum absolute atomic E-state index is 11.8. The van der Waals surface area contributed by atoms with Gasteiger partial charge in [-0.1, -0.05) is 36.4 Å². The molecule has 2 aromatic carbocycles. The van der Waals surface area contributed by atoms with Crippen molar-refractivity contribution in [2.45, 2.75) is 59.2 Å². The zero-order valence-corrected chi connectivity index (χ0v) is 22.6. The van der Waals surface area contributed by atoms with Crippen LogP contribution in [0.2, 0.25) is 0 Å². The van der Waals surface area contributed by atoms with E-state index < -0.39 is 0 Å². The van der Waals surface area contributed by atoms with E-state index in [-0.39, 0.29) is 29.9 Å². The van der Waals surface area contributed by atoms with Gasteiger partial charge in [0.15, 0.2) is 5.96 Å². The summed E-state index contributed by atoms with van der Waals surface area (Å²) in [5.41, 5.74) is 4.67. The van der Waals surface area contributed by atoms with Gasteiger partial charge in [0.25, 0.3) is 0 Å². The van der Waals surface area contributed by atoms with E-state index >= 15 is 0 Å². The Kier molecular flexibility index (Phi) is 10.0. The molecule has 1 heterocycles. The average Bonchev–Trinajstić information content (AvgIpc) is 3.57. The normalized spacial score (nSPS) is 15.8. The molecule has 1 saturated heterocycles. The number of nitrogens with zero attached hydrogens (tertiary/aromatic N) is 2. The second-order valence-electron chi connectivity index (χ2n) is 9.15. The van der Waals surface area contributed by atoms with Gasteiger partial charge in [-0.3, -0.25) is 4.79 Å². The minimum atomic E-state index is 0. The van der Waals surface area contributed by atoms with Crippen LogP contribution in [0.4, 0.5) is 0 Å². The second kappa shape index (κ2) is 13.0. The molecule has 0 bridgehead atoms. The van der Waals surface area contributed by atoms with E-state index in [9.17, 15) is 4.79 Å². The van der Waals surface area contributed by atoms with Crippen molar-refractivity contribution in [3.8, 4) is 5.75 Å². The smallest absolute Gasteiger partial charge is 0.222 e. The lowest BCUT2D eigenvalue weighted by Crippen LogP contribution is -2.36. The number of ether oxygens (including phenoxy) is 1. The van der Waals surface area contributed by atoms with Crippen molar-refractivity contribution in [3.05, 3.63) is 64.7 Å². The summed E-state index contributed by atoms with van der Waals surface area (Å²) in [5.74, 6) is 2.75. The van der Waals surface area contributed by atoms with Gasteiger partial charge < -0.3 is 20.3 Å². The Hall–Kier alpha value is -2.29. The van der Waals surface area contributed by atoms with Gasteiger partial charge in [0.05, 0.1) is 13.2 Å². The molecule has 0 radical (unpaired) electrons. The van der Waals surface area contributed by atoms with E-state index in [4.69, 9.17) is 9.73 Å². The molecule has 0 spiro atoms. The van der Waals surface area contributed by atoms with E-state index in [1.54, 1.807) is 0 Å². The lowest BCUT2D eigenvalue weighted by molar-refractivity contribution is -0.128. The Morgan fingerprint density at radius 2 is 1.88 bits per heavy atom. The van der Waals surface area contributed by atoms with Crippen molar-refractivity contribution in [1.82, 2.24) is 15.5 Å². The van der Waals surface area contributed by atoms with Crippen molar-refractivity contribution >= 4 is 35.8 Å². The predicted molar refractivity (Wildman–Crippen MR) is 148 cm³/mol. The Bertz CT molecular complexity index is 973. The number of hydrogen-bond acceptors (Lipinski definition) is 3. The summed E-state index contributed by atoms with van der Waals surface area (Å²) >= 11 is 0. The van der Waals surface area contributed by atoms with Gasteiger partial charge in [-0.05, 0) is 61.8 Å². The molecule has 1 aliphatic carbocycles. The largest absolute Gasteiger partial charge is 0.493 e. The van der Waals surface area contributed by atoms with Crippen LogP contribution in [0.1, 0.15) is 54.9 Å². The number of nitrogens with one attached hydrogen (secondary N) is 2. The number of carbonyl (C=O) groups excluding carboxylic acids is 1. The molecular weight excluding hydrogens is 539 g/mol. The number of carbonyl (C=O) groups is 1. The van der Waals surface area contributed by atoms with Crippen molar-refractivity contribution in [2.75, 3.05) is 19.7 Å². The summed E-state index contributed by atoms with van der Waals surface area (Å²) < 4.78 is 6.10. The van der Waals surface area contributed by atoms with Crippen LogP contribution in [0.5, 0.6) is 5.75 Å². The minimum Gasteiger partial charge on any atom is -0.493 e. The van der Waals surface area contributed by atoms with Crippen molar-refractivity contribution < 1.29 is 9.53 Å². The number of aryl methyl sites for hydroxylation is 1. The Balaban J connectivity index is 0.00000324. The fourth-order valence-electron chi connectivity index (χ4n) is 3.97. The lowest BCUT2D eigenvalue weighted by Gasteiger charge is -2.16. The highest BCUT2D eigenvalue weighted by Gasteiger charge is 2.22. The monoisotopic (exact) mass is 576 g/mol. The van der Waals surface area contributed by atoms with Gasteiger partial charge >= 0.3 is 0 Å². The van der Waals surface area contributed by atoms with Gasteiger partial charge in [0, 0.05) is 38.2 Å². The number of halogens is 1. The Morgan fingerprint density at radius 3 is 2.56 bits per heavy atom. The third kappa shape index (κ3) is 7.89. The highest BCUT2D eigenvalue weighted by atomic mass is 127. The molecule has 2 fully saturated rings. The molecule has 0 atom stereocenters. The topological polar surface area (TPSA) is 66.0 Å².